The van der Waals surface area contributed by atoms with Gasteiger partial charge in [-0.15, -0.1) is 0 Å². The molecule has 3 nitrogen and oxygen atoms in total. The summed E-state index contributed by atoms with van der Waals surface area (Å²) in [6.45, 7) is 5.41. The van der Waals surface area contributed by atoms with Crippen LogP contribution in [0, 0.1) is 0 Å². The van der Waals surface area contributed by atoms with Crippen LogP contribution in [-0.2, 0) is 18.0 Å². The summed E-state index contributed by atoms with van der Waals surface area (Å²) in [5.41, 5.74) is 1.12. The molecule has 4 heteroatoms. The van der Waals surface area contributed by atoms with Crippen molar-refractivity contribution in [3.8, 4) is 0 Å². The molecule has 0 spiro atoms. The highest BCUT2D eigenvalue weighted by Gasteiger charge is 2.07. The fourth-order valence-corrected chi connectivity index (χ4v) is 1.86. The van der Waals surface area contributed by atoms with E-state index in [1.165, 1.54) is 0 Å². The molecule has 0 fully saturated rings. The number of rotatable bonds is 5. The summed E-state index contributed by atoms with van der Waals surface area (Å²) in [5, 5.41) is 0.802. The van der Waals surface area contributed by atoms with Gasteiger partial charge in [-0.3, -0.25) is 0 Å². The first-order valence-electron chi connectivity index (χ1n) is 6.05. The fourth-order valence-electron chi connectivity index (χ4n) is 1.67. The van der Waals surface area contributed by atoms with E-state index in [9.17, 15) is 0 Å². The number of hydrogen-bond donors (Lipinski definition) is 0. The maximum atomic E-state index is 6.14. The van der Waals surface area contributed by atoms with Crippen LogP contribution in [0.5, 0.6) is 0 Å². The molecule has 0 aliphatic carbocycles. The quantitative estimate of drug-likeness (QED) is 0.761. The topological polar surface area (TPSA) is 18.0 Å². The van der Waals surface area contributed by atoms with Gasteiger partial charge in [-0.1, -0.05) is 29.8 Å². The molecule has 0 saturated heterocycles. The highest BCUT2D eigenvalue weighted by Crippen LogP contribution is 2.14. The molecule has 0 aliphatic heterocycles. The number of halogens is 1. The van der Waals surface area contributed by atoms with Gasteiger partial charge in [-0.2, -0.15) is 0 Å². The van der Waals surface area contributed by atoms with Crippen LogP contribution >= 0.6 is 11.6 Å². The number of benzene rings is 1. The Hall–Kier alpha value is -1.32. The van der Waals surface area contributed by atoms with E-state index in [1.807, 2.05) is 61.4 Å². The molecule has 1 aromatic carbocycles. The lowest BCUT2D eigenvalue weighted by atomic mass is 10.2. The Morgan fingerprint density at radius 2 is 2.11 bits per heavy atom. The van der Waals surface area contributed by atoms with E-state index in [-0.39, 0.29) is 6.10 Å². The van der Waals surface area contributed by atoms with Gasteiger partial charge < -0.3 is 4.74 Å². The molecule has 1 heterocycles. The molecule has 0 N–H and O–H groups in total. The van der Waals surface area contributed by atoms with E-state index in [0.717, 1.165) is 17.1 Å². The minimum atomic E-state index is 0.240. The lowest BCUT2D eigenvalue weighted by molar-refractivity contribution is -0.688. The second-order valence-corrected chi connectivity index (χ2v) is 4.94. The second kappa shape index (κ2) is 6.03. The van der Waals surface area contributed by atoms with Crippen LogP contribution in [0.25, 0.3) is 0 Å². The van der Waals surface area contributed by atoms with E-state index in [1.54, 1.807) is 0 Å². The van der Waals surface area contributed by atoms with Gasteiger partial charge in [-0.05, 0) is 19.9 Å². The van der Waals surface area contributed by atoms with Crippen molar-refractivity contribution in [2.45, 2.75) is 33.2 Å². The molecule has 96 valence electrons. The predicted octanol–water partition coefficient (Wildman–Crippen LogP) is 2.86. The number of imidazole rings is 1. The lowest BCUT2D eigenvalue weighted by Crippen LogP contribution is -2.31. The molecule has 0 radical (unpaired) electrons. The SMILES string of the molecule is CC(C)OCn1cc[n+](Cc2ccccc2Cl)c1. The second-order valence-electron chi connectivity index (χ2n) is 4.54. The van der Waals surface area contributed by atoms with Crippen molar-refractivity contribution in [2.75, 3.05) is 0 Å². The molecule has 0 atom stereocenters. The molecular formula is C14H18ClN2O+. The van der Waals surface area contributed by atoms with Gasteiger partial charge >= 0.3 is 0 Å². The lowest BCUT2D eigenvalue weighted by Gasteiger charge is -2.03. The molecule has 18 heavy (non-hydrogen) atoms. The summed E-state index contributed by atoms with van der Waals surface area (Å²) in [4.78, 5) is 0. The van der Waals surface area contributed by atoms with Crippen molar-refractivity contribution in [3.05, 3.63) is 53.6 Å². The molecule has 1 aromatic heterocycles. The van der Waals surface area contributed by atoms with Gasteiger partial charge in [0.25, 0.3) is 0 Å². The van der Waals surface area contributed by atoms with Crippen LogP contribution in [0.4, 0.5) is 0 Å². The summed E-state index contributed by atoms with van der Waals surface area (Å²) in [5.74, 6) is 0. The number of aromatic nitrogens is 2. The van der Waals surface area contributed by atoms with Crippen LogP contribution in [0.1, 0.15) is 19.4 Å². The molecule has 0 amide bonds. The van der Waals surface area contributed by atoms with E-state index in [4.69, 9.17) is 16.3 Å². The third kappa shape index (κ3) is 3.59. The van der Waals surface area contributed by atoms with Crippen LogP contribution < -0.4 is 4.57 Å². The average molecular weight is 266 g/mol. The average Bonchev–Trinajstić information content (AvgIpc) is 2.77. The minimum Gasteiger partial charge on any atom is -0.339 e. The normalized spacial score (nSPS) is 11.1. The predicted molar refractivity (Wildman–Crippen MR) is 71.4 cm³/mol. The monoisotopic (exact) mass is 265 g/mol. The zero-order chi connectivity index (χ0) is 13.0. The van der Waals surface area contributed by atoms with Crippen LogP contribution in [0.3, 0.4) is 0 Å². The van der Waals surface area contributed by atoms with Crippen molar-refractivity contribution >= 4 is 11.6 Å². The summed E-state index contributed by atoms with van der Waals surface area (Å²) in [6, 6.07) is 7.90. The van der Waals surface area contributed by atoms with Gasteiger partial charge in [0.15, 0.2) is 6.73 Å². The zero-order valence-corrected chi connectivity index (χ0v) is 11.5. The molecule has 0 unspecified atom stereocenters. The smallest absolute Gasteiger partial charge is 0.245 e. The van der Waals surface area contributed by atoms with Crippen molar-refractivity contribution in [1.82, 2.24) is 4.57 Å². The highest BCUT2D eigenvalue weighted by molar-refractivity contribution is 6.31. The maximum absolute atomic E-state index is 6.14. The number of hydrogen-bond acceptors (Lipinski definition) is 1. The van der Waals surface area contributed by atoms with Gasteiger partial charge in [0.1, 0.15) is 18.9 Å². The molecule has 0 aliphatic rings. The first-order chi connectivity index (χ1) is 8.65. The Balaban J connectivity index is 2.00. The van der Waals surface area contributed by atoms with E-state index < -0.39 is 0 Å². The number of ether oxygens (including phenoxy) is 1. The van der Waals surface area contributed by atoms with Gasteiger partial charge in [0.2, 0.25) is 6.33 Å². The maximum Gasteiger partial charge on any atom is 0.245 e. The minimum absolute atomic E-state index is 0.240. The van der Waals surface area contributed by atoms with Crippen molar-refractivity contribution < 1.29 is 9.30 Å². The van der Waals surface area contributed by atoms with Crippen molar-refractivity contribution in [3.63, 3.8) is 0 Å². The molecule has 0 bridgehead atoms. The van der Waals surface area contributed by atoms with Crippen LogP contribution in [0.15, 0.2) is 43.0 Å². The summed E-state index contributed by atoms with van der Waals surface area (Å²) < 4.78 is 9.64. The van der Waals surface area contributed by atoms with E-state index >= 15 is 0 Å². The van der Waals surface area contributed by atoms with Gasteiger partial charge in [-0.25, -0.2) is 9.13 Å². The van der Waals surface area contributed by atoms with Crippen LogP contribution in [0.2, 0.25) is 5.02 Å². The third-order valence-electron chi connectivity index (χ3n) is 2.61. The number of nitrogens with zero attached hydrogens (tertiary/aromatic N) is 2. The first kappa shape index (κ1) is 13.1. The molecular weight excluding hydrogens is 248 g/mol. The Labute approximate surface area is 113 Å². The third-order valence-corrected chi connectivity index (χ3v) is 2.98. The highest BCUT2D eigenvalue weighted by atomic mass is 35.5. The largest absolute Gasteiger partial charge is 0.339 e. The van der Waals surface area contributed by atoms with Crippen LogP contribution in [-0.4, -0.2) is 10.7 Å². The molecule has 2 rings (SSSR count). The van der Waals surface area contributed by atoms with Crippen molar-refractivity contribution in [1.29, 1.82) is 0 Å². The Bertz CT molecular complexity index is 508. The molecule has 0 saturated carbocycles. The Morgan fingerprint density at radius 3 is 2.83 bits per heavy atom. The first-order valence-corrected chi connectivity index (χ1v) is 6.43. The van der Waals surface area contributed by atoms with E-state index in [2.05, 4.69) is 4.57 Å². The zero-order valence-electron chi connectivity index (χ0n) is 10.7. The van der Waals surface area contributed by atoms with E-state index in [0.29, 0.717) is 6.73 Å². The standard InChI is InChI=1S/C14H18ClN2O/c1-12(2)18-11-17-8-7-16(10-17)9-13-5-3-4-6-14(13)15/h3-8,10,12H,9,11H2,1-2H3/q+1. The Morgan fingerprint density at radius 1 is 1.33 bits per heavy atom. The van der Waals surface area contributed by atoms with Crippen molar-refractivity contribution in [2.24, 2.45) is 0 Å². The van der Waals surface area contributed by atoms with Gasteiger partial charge in [0, 0.05) is 10.6 Å². The summed E-state index contributed by atoms with van der Waals surface area (Å²) in [6.07, 6.45) is 6.28. The summed E-state index contributed by atoms with van der Waals surface area (Å²) >= 11 is 6.14. The Kier molecular flexibility index (Phi) is 4.39. The summed E-state index contributed by atoms with van der Waals surface area (Å²) in [7, 11) is 0. The molecule has 2 aromatic rings. The fraction of sp³-hybridized carbons (Fsp3) is 0.357. The van der Waals surface area contributed by atoms with Gasteiger partial charge in [0.05, 0.1) is 6.10 Å².